The maximum atomic E-state index is 9.96. The summed E-state index contributed by atoms with van der Waals surface area (Å²) in [4.78, 5) is 9.96. The van der Waals surface area contributed by atoms with Gasteiger partial charge in [-0.15, -0.1) is 0 Å². The van der Waals surface area contributed by atoms with Crippen molar-refractivity contribution >= 4 is 5.97 Å². The molecule has 0 radical (unpaired) electrons. The van der Waals surface area contributed by atoms with Crippen LogP contribution in [0.15, 0.2) is 0 Å². The average Bonchev–Trinajstić information content (AvgIpc) is 1.65. The SMILES string of the molecule is COC[C@@](N)(O)C(=O)O. The van der Waals surface area contributed by atoms with Gasteiger partial charge in [-0.3, -0.25) is 5.73 Å². The molecule has 0 spiro atoms. The zero-order valence-corrected chi connectivity index (χ0v) is 5.00. The zero-order valence-electron chi connectivity index (χ0n) is 5.00. The van der Waals surface area contributed by atoms with Gasteiger partial charge < -0.3 is 14.9 Å². The standard InChI is InChI=1S/C4H9NO4/c1-9-2-4(5,8)3(6)7/h8H,2,5H2,1H3,(H,6,7)/t4-/m1/s1. The van der Waals surface area contributed by atoms with Crippen LogP contribution in [0.2, 0.25) is 0 Å². The molecule has 54 valence electrons. The molecule has 0 aromatic rings. The van der Waals surface area contributed by atoms with E-state index in [0.29, 0.717) is 0 Å². The van der Waals surface area contributed by atoms with Gasteiger partial charge in [0.1, 0.15) is 0 Å². The molecule has 5 heteroatoms. The third-order valence-electron chi connectivity index (χ3n) is 0.735. The van der Waals surface area contributed by atoms with E-state index < -0.39 is 18.3 Å². The molecule has 0 saturated carbocycles. The van der Waals surface area contributed by atoms with Crippen molar-refractivity contribution in [2.45, 2.75) is 5.72 Å². The summed E-state index contributed by atoms with van der Waals surface area (Å²) in [6.45, 7) is -0.414. The number of hydrogen-bond donors (Lipinski definition) is 3. The molecule has 0 rings (SSSR count). The molecule has 0 aromatic carbocycles. The number of carbonyl (C=O) groups is 1. The number of carboxylic acid groups (broad SMARTS) is 1. The first-order chi connectivity index (χ1) is 4.00. The summed E-state index contributed by atoms with van der Waals surface area (Å²) >= 11 is 0. The van der Waals surface area contributed by atoms with E-state index in [1.165, 1.54) is 7.11 Å². The molecule has 0 bridgehead atoms. The second-order valence-corrected chi connectivity index (χ2v) is 1.66. The quantitative estimate of drug-likeness (QED) is 0.404. The van der Waals surface area contributed by atoms with Crippen molar-refractivity contribution in [1.82, 2.24) is 0 Å². The van der Waals surface area contributed by atoms with Crippen molar-refractivity contribution < 1.29 is 19.7 Å². The van der Waals surface area contributed by atoms with Gasteiger partial charge in [0, 0.05) is 7.11 Å². The minimum absolute atomic E-state index is 0.414. The number of ether oxygens (including phenoxy) is 1. The molecular weight excluding hydrogens is 126 g/mol. The number of rotatable bonds is 3. The smallest absolute Gasteiger partial charge is 0.353 e. The fourth-order valence-electron chi connectivity index (χ4n) is 0.282. The van der Waals surface area contributed by atoms with Crippen LogP contribution in [0, 0.1) is 0 Å². The number of nitrogens with two attached hydrogens (primary N) is 1. The highest BCUT2D eigenvalue weighted by Gasteiger charge is 2.30. The van der Waals surface area contributed by atoms with Crippen molar-refractivity contribution in [2.75, 3.05) is 13.7 Å². The monoisotopic (exact) mass is 135 g/mol. The van der Waals surface area contributed by atoms with Crippen molar-refractivity contribution in [2.24, 2.45) is 5.73 Å². The summed E-state index contributed by atoms with van der Waals surface area (Å²) in [6, 6.07) is 0. The lowest BCUT2D eigenvalue weighted by Gasteiger charge is -2.15. The van der Waals surface area contributed by atoms with Crippen LogP contribution in [0.1, 0.15) is 0 Å². The van der Waals surface area contributed by atoms with Crippen molar-refractivity contribution in [1.29, 1.82) is 0 Å². The largest absolute Gasteiger partial charge is 0.478 e. The number of aliphatic hydroxyl groups is 1. The number of methoxy groups -OCH3 is 1. The van der Waals surface area contributed by atoms with Crippen LogP contribution >= 0.6 is 0 Å². The van der Waals surface area contributed by atoms with Gasteiger partial charge in [0.05, 0.1) is 6.61 Å². The third kappa shape index (κ3) is 2.41. The van der Waals surface area contributed by atoms with Crippen LogP contribution < -0.4 is 5.73 Å². The Kier molecular flexibility index (Phi) is 2.57. The van der Waals surface area contributed by atoms with E-state index in [9.17, 15) is 4.79 Å². The summed E-state index contributed by atoms with van der Waals surface area (Å²) in [6.07, 6.45) is 0. The molecule has 5 nitrogen and oxygen atoms in total. The molecule has 0 unspecified atom stereocenters. The van der Waals surface area contributed by atoms with Gasteiger partial charge in [-0.2, -0.15) is 0 Å². The first-order valence-corrected chi connectivity index (χ1v) is 2.24. The van der Waals surface area contributed by atoms with Crippen LogP contribution in [0.25, 0.3) is 0 Å². The summed E-state index contributed by atoms with van der Waals surface area (Å²) in [5, 5.41) is 16.8. The van der Waals surface area contributed by atoms with Gasteiger partial charge in [-0.1, -0.05) is 0 Å². The number of carboxylic acids is 1. The maximum Gasteiger partial charge on any atom is 0.353 e. The van der Waals surface area contributed by atoms with E-state index in [4.69, 9.17) is 15.9 Å². The number of hydrogen-bond acceptors (Lipinski definition) is 4. The van der Waals surface area contributed by atoms with E-state index in [1.807, 2.05) is 0 Å². The van der Waals surface area contributed by atoms with Gasteiger partial charge in [-0.05, 0) is 0 Å². The Labute approximate surface area is 52.0 Å². The van der Waals surface area contributed by atoms with E-state index in [-0.39, 0.29) is 0 Å². The van der Waals surface area contributed by atoms with Crippen molar-refractivity contribution in [3.05, 3.63) is 0 Å². The first-order valence-electron chi connectivity index (χ1n) is 2.24. The van der Waals surface area contributed by atoms with Crippen LogP contribution in [-0.2, 0) is 9.53 Å². The summed E-state index contributed by atoms with van der Waals surface area (Å²) in [5.41, 5.74) is 2.55. The topological polar surface area (TPSA) is 92.8 Å². The number of aliphatic carboxylic acids is 1. The fraction of sp³-hybridized carbons (Fsp3) is 0.750. The molecule has 0 aliphatic carbocycles. The Morgan fingerprint density at radius 1 is 1.89 bits per heavy atom. The molecule has 4 N–H and O–H groups in total. The minimum Gasteiger partial charge on any atom is -0.478 e. The maximum absolute atomic E-state index is 9.96. The lowest BCUT2D eigenvalue weighted by atomic mass is 10.3. The second kappa shape index (κ2) is 2.77. The summed E-state index contributed by atoms with van der Waals surface area (Å²) in [5.74, 6) is -1.50. The Morgan fingerprint density at radius 2 is 2.33 bits per heavy atom. The normalized spacial score (nSPS) is 16.8. The highest BCUT2D eigenvalue weighted by molar-refractivity contribution is 5.76. The van der Waals surface area contributed by atoms with Crippen LogP contribution in [-0.4, -0.2) is 35.6 Å². The predicted octanol–water partition coefficient (Wildman–Crippen LogP) is -1.64. The Morgan fingerprint density at radius 3 is 2.44 bits per heavy atom. The Balaban J connectivity index is 3.85. The predicted molar refractivity (Wildman–Crippen MR) is 28.6 cm³/mol. The zero-order chi connectivity index (χ0) is 7.49. The fourth-order valence-corrected chi connectivity index (χ4v) is 0.282. The third-order valence-corrected chi connectivity index (χ3v) is 0.735. The molecule has 0 aliphatic heterocycles. The second-order valence-electron chi connectivity index (χ2n) is 1.66. The van der Waals surface area contributed by atoms with Gasteiger partial charge in [-0.25, -0.2) is 4.79 Å². The summed E-state index contributed by atoms with van der Waals surface area (Å²) < 4.78 is 4.31. The van der Waals surface area contributed by atoms with Gasteiger partial charge >= 0.3 is 5.97 Å². The van der Waals surface area contributed by atoms with E-state index in [0.717, 1.165) is 0 Å². The van der Waals surface area contributed by atoms with Crippen LogP contribution in [0.3, 0.4) is 0 Å². The van der Waals surface area contributed by atoms with E-state index in [2.05, 4.69) is 4.74 Å². The first kappa shape index (κ1) is 8.35. The molecule has 0 heterocycles. The average molecular weight is 135 g/mol. The minimum atomic E-state index is -2.26. The van der Waals surface area contributed by atoms with Crippen LogP contribution in [0.5, 0.6) is 0 Å². The molecule has 0 amide bonds. The summed E-state index contributed by atoms with van der Waals surface area (Å²) in [7, 11) is 1.25. The Bertz CT molecular complexity index is 111. The van der Waals surface area contributed by atoms with Gasteiger partial charge in [0.25, 0.3) is 0 Å². The van der Waals surface area contributed by atoms with E-state index >= 15 is 0 Å². The van der Waals surface area contributed by atoms with Gasteiger partial charge in [0.15, 0.2) is 0 Å². The molecule has 0 saturated heterocycles. The highest BCUT2D eigenvalue weighted by Crippen LogP contribution is 1.93. The molecular formula is C4H9NO4. The van der Waals surface area contributed by atoms with Crippen molar-refractivity contribution in [3.8, 4) is 0 Å². The molecule has 1 atom stereocenters. The van der Waals surface area contributed by atoms with Gasteiger partial charge in [0.2, 0.25) is 5.72 Å². The highest BCUT2D eigenvalue weighted by atomic mass is 16.5. The van der Waals surface area contributed by atoms with E-state index in [1.54, 1.807) is 0 Å². The molecule has 0 fully saturated rings. The lowest BCUT2D eigenvalue weighted by Crippen LogP contribution is -2.51. The van der Waals surface area contributed by atoms with Crippen LogP contribution in [0.4, 0.5) is 0 Å². The van der Waals surface area contributed by atoms with Crippen molar-refractivity contribution in [3.63, 3.8) is 0 Å². The molecule has 0 aliphatic rings. The lowest BCUT2D eigenvalue weighted by molar-refractivity contribution is -0.163. The Hall–Kier alpha value is -0.650. The molecule has 0 aromatic heterocycles. The molecule has 9 heavy (non-hydrogen) atoms.